The molecule has 0 unspecified atom stereocenters. The summed E-state index contributed by atoms with van der Waals surface area (Å²) in [6, 6.07) is 9.37. The first kappa shape index (κ1) is 19.8. The van der Waals surface area contributed by atoms with Gasteiger partial charge in [0.1, 0.15) is 6.10 Å². The van der Waals surface area contributed by atoms with Gasteiger partial charge in [-0.3, -0.25) is 4.79 Å². The minimum atomic E-state index is -3.67. The number of ketones is 1. The topological polar surface area (TPSA) is 85.4 Å². The lowest BCUT2D eigenvalue weighted by Gasteiger charge is -2.29. The van der Waals surface area contributed by atoms with Gasteiger partial charge in [0.2, 0.25) is 15.9 Å². The second-order valence-electron chi connectivity index (χ2n) is 6.61. The van der Waals surface area contributed by atoms with Crippen molar-refractivity contribution in [2.24, 2.45) is 0 Å². The van der Waals surface area contributed by atoms with Gasteiger partial charge in [0, 0.05) is 23.9 Å². The summed E-state index contributed by atoms with van der Waals surface area (Å²) in [5, 5.41) is 0.550. The predicted octanol–water partition coefficient (Wildman–Crippen LogP) is 3.61. The summed E-state index contributed by atoms with van der Waals surface area (Å²) in [6.07, 6.45) is 4.33. The number of nitrogens with zero attached hydrogens (tertiary/aromatic N) is 1. The van der Waals surface area contributed by atoms with Gasteiger partial charge in [-0.25, -0.2) is 18.1 Å². The molecule has 0 atom stereocenters. The Balaban J connectivity index is 1.57. The Labute approximate surface area is 164 Å². The molecule has 0 spiro atoms. The van der Waals surface area contributed by atoms with Crippen LogP contribution >= 0.6 is 11.6 Å². The highest BCUT2D eigenvalue weighted by Crippen LogP contribution is 2.25. The number of sulfonamides is 1. The molecule has 0 saturated heterocycles. The highest BCUT2D eigenvalue weighted by molar-refractivity contribution is 7.89. The molecule has 1 saturated carbocycles. The van der Waals surface area contributed by atoms with Crippen LogP contribution in [0.3, 0.4) is 0 Å². The van der Waals surface area contributed by atoms with Crippen LogP contribution in [0.15, 0.2) is 47.5 Å². The van der Waals surface area contributed by atoms with E-state index >= 15 is 0 Å². The summed E-state index contributed by atoms with van der Waals surface area (Å²) >= 11 is 5.81. The molecule has 0 radical (unpaired) electrons. The third-order valence-corrected chi connectivity index (χ3v) is 6.28. The summed E-state index contributed by atoms with van der Waals surface area (Å²) in [4.78, 5) is 15.7. The molecular formula is C19H21ClN2O4S. The summed E-state index contributed by atoms with van der Waals surface area (Å²) in [5.41, 5.74) is 0.380. The van der Waals surface area contributed by atoms with Gasteiger partial charge in [-0.2, -0.15) is 0 Å². The molecule has 144 valence electrons. The number of pyridine rings is 1. The first-order chi connectivity index (χ1) is 12.8. The maximum atomic E-state index is 12.6. The number of nitrogens with one attached hydrogen (secondary N) is 1. The van der Waals surface area contributed by atoms with Gasteiger partial charge in [-0.15, -0.1) is 0 Å². The normalized spacial score (nSPS) is 20.2. The fourth-order valence-electron chi connectivity index (χ4n) is 3.07. The van der Waals surface area contributed by atoms with Crippen LogP contribution in [0.1, 0.15) is 43.0 Å². The molecular weight excluding hydrogens is 388 g/mol. The van der Waals surface area contributed by atoms with E-state index in [1.165, 1.54) is 25.3 Å². The van der Waals surface area contributed by atoms with Crippen molar-refractivity contribution in [1.29, 1.82) is 0 Å². The lowest BCUT2D eigenvalue weighted by atomic mass is 9.94. The standard InChI is InChI=1S/C19H21ClN2O4S/c1-13(23)14-3-2-4-18(11-14)27(24,25)22-16-6-8-17(9-7-16)26-19-10-5-15(20)12-21-19/h2-5,10-12,16-17,22H,6-9H2,1H3. The molecule has 1 aliphatic rings. The van der Waals surface area contributed by atoms with E-state index in [1.54, 1.807) is 24.3 Å². The Hall–Kier alpha value is -1.96. The molecule has 1 fully saturated rings. The van der Waals surface area contributed by atoms with E-state index in [9.17, 15) is 13.2 Å². The van der Waals surface area contributed by atoms with E-state index in [1.807, 2.05) is 0 Å². The smallest absolute Gasteiger partial charge is 0.240 e. The van der Waals surface area contributed by atoms with Crippen molar-refractivity contribution in [3.8, 4) is 5.88 Å². The lowest BCUT2D eigenvalue weighted by molar-refractivity contribution is 0.101. The van der Waals surface area contributed by atoms with Gasteiger partial charge in [0.15, 0.2) is 5.78 Å². The van der Waals surface area contributed by atoms with Crippen molar-refractivity contribution in [2.45, 2.75) is 49.6 Å². The van der Waals surface area contributed by atoms with E-state index in [0.717, 1.165) is 12.8 Å². The Bertz CT molecular complexity index is 908. The van der Waals surface area contributed by atoms with Gasteiger partial charge in [-0.1, -0.05) is 23.7 Å². The Morgan fingerprint density at radius 1 is 1.19 bits per heavy atom. The second-order valence-corrected chi connectivity index (χ2v) is 8.76. The number of halogens is 1. The van der Waals surface area contributed by atoms with Crippen LogP contribution in [0.25, 0.3) is 0 Å². The van der Waals surface area contributed by atoms with E-state index in [-0.39, 0.29) is 22.8 Å². The first-order valence-electron chi connectivity index (χ1n) is 8.75. The number of hydrogen-bond acceptors (Lipinski definition) is 5. The third-order valence-electron chi connectivity index (χ3n) is 4.53. The van der Waals surface area contributed by atoms with Crippen LogP contribution in [-0.4, -0.2) is 31.3 Å². The molecule has 1 aliphatic carbocycles. The largest absolute Gasteiger partial charge is 0.474 e. The molecule has 3 rings (SSSR count). The number of benzene rings is 1. The molecule has 8 heteroatoms. The fourth-order valence-corrected chi connectivity index (χ4v) is 4.53. The highest BCUT2D eigenvalue weighted by atomic mass is 35.5. The SMILES string of the molecule is CC(=O)c1cccc(S(=O)(=O)NC2CCC(Oc3ccc(Cl)cn3)CC2)c1. The van der Waals surface area contributed by atoms with E-state index in [0.29, 0.717) is 29.3 Å². The molecule has 0 bridgehead atoms. The number of rotatable bonds is 6. The van der Waals surface area contributed by atoms with Crippen LogP contribution in [0.5, 0.6) is 5.88 Å². The van der Waals surface area contributed by atoms with Crippen LogP contribution < -0.4 is 9.46 Å². The van der Waals surface area contributed by atoms with Crippen LogP contribution in [0.2, 0.25) is 5.02 Å². The van der Waals surface area contributed by atoms with Crippen molar-refractivity contribution in [2.75, 3.05) is 0 Å². The number of ether oxygens (including phenoxy) is 1. The first-order valence-corrected chi connectivity index (χ1v) is 10.6. The Kier molecular flexibility index (Phi) is 6.14. The van der Waals surface area contributed by atoms with Crippen LogP contribution in [-0.2, 0) is 10.0 Å². The maximum Gasteiger partial charge on any atom is 0.240 e. The predicted molar refractivity (Wildman–Crippen MR) is 103 cm³/mol. The third kappa shape index (κ3) is 5.28. The molecule has 6 nitrogen and oxygen atoms in total. The highest BCUT2D eigenvalue weighted by Gasteiger charge is 2.27. The van der Waals surface area contributed by atoms with Gasteiger partial charge in [0.05, 0.1) is 9.92 Å². The number of carbonyl (C=O) groups excluding carboxylic acids is 1. The van der Waals surface area contributed by atoms with E-state index in [4.69, 9.17) is 16.3 Å². The molecule has 1 aromatic carbocycles. The lowest BCUT2D eigenvalue weighted by Crippen LogP contribution is -2.39. The van der Waals surface area contributed by atoms with Crippen LogP contribution in [0, 0.1) is 0 Å². The Morgan fingerprint density at radius 2 is 1.93 bits per heavy atom. The minimum Gasteiger partial charge on any atom is -0.474 e. The number of Topliss-reactive ketones (excluding diaryl/α,β-unsaturated/α-hetero) is 1. The summed E-state index contributed by atoms with van der Waals surface area (Å²) in [7, 11) is -3.67. The zero-order chi connectivity index (χ0) is 19.4. The average molecular weight is 409 g/mol. The molecule has 1 aromatic heterocycles. The van der Waals surface area contributed by atoms with Gasteiger partial charge < -0.3 is 4.74 Å². The maximum absolute atomic E-state index is 12.6. The van der Waals surface area contributed by atoms with Crippen molar-refractivity contribution >= 4 is 27.4 Å². The van der Waals surface area contributed by atoms with E-state index in [2.05, 4.69) is 9.71 Å². The van der Waals surface area contributed by atoms with Gasteiger partial charge >= 0.3 is 0 Å². The van der Waals surface area contributed by atoms with Crippen molar-refractivity contribution < 1.29 is 17.9 Å². The molecule has 0 aliphatic heterocycles. The molecule has 0 amide bonds. The van der Waals surface area contributed by atoms with Crippen molar-refractivity contribution in [1.82, 2.24) is 9.71 Å². The molecule has 2 aromatic rings. The fraction of sp³-hybridized carbons (Fsp3) is 0.368. The van der Waals surface area contributed by atoms with Crippen molar-refractivity contribution in [3.63, 3.8) is 0 Å². The monoisotopic (exact) mass is 408 g/mol. The van der Waals surface area contributed by atoms with Crippen LogP contribution in [0.4, 0.5) is 0 Å². The quantitative estimate of drug-likeness (QED) is 0.738. The second kappa shape index (κ2) is 8.37. The van der Waals surface area contributed by atoms with Gasteiger partial charge in [-0.05, 0) is 50.8 Å². The summed E-state index contributed by atoms with van der Waals surface area (Å²) < 4.78 is 33.8. The average Bonchev–Trinajstić information content (AvgIpc) is 2.65. The number of hydrogen-bond donors (Lipinski definition) is 1. The zero-order valence-corrected chi connectivity index (χ0v) is 16.5. The summed E-state index contributed by atoms with van der Waals surface area (Å²) in [5.74, 6) is 0.352. The van der Waals surface area contributed by atoms with Crippen molar-refractivity contribution in [3.05, 3.63) is 53.2 Å². The Morgan fingerprint density at radius 3 is 2.56 bits per heavy atom. The molecule has 1 heterocycles. The summed E-state index contributed by atoms with van der Waals surface area (Å²) in [6.45, 7) is 1.41. The molecule has 1 N–H and O–H groups in total. The van der Waals surface area contributed by atoms with Gasteiger partial charge in [0.25, 0.3) is 0 Å². The number of carbonyl (C=O) groups is 1. The minimum absolute atomic E-state index is 0.000436. The van der Waals surface area contributed by atoms with E-state index < -0.39 is 10.0 Å². The molecule has 27 heavy (non-hydrogen) atoms. The zero-order valence-electron chi connectivity index (χ0n) is 14.9. The number of aromatic nitrogens is 1.